The lowest BCUT2D eigenvalue weighted by atomic mass is 10.1. The molecule has 1 atom stereocenters. The molecule has 7 nitrogen and oxygen atoms in total. The molecule has 1 aliphatic rings. The molecule has 142 valence electrons. The number of nitrogens with one attached hydrogen (secondary N) is 2. The predicted molar refractivity (Wildman–Crippen MR) is 97.9 cm³/mol. The maximum atomic E-state index is 5.67. The topological polar surface area (TPSA) is 80.9 Å². The van der Waals surface area contributed by atoms with Gasteiger partial charge >= 0.3 is 0 Å². The average Bonchev–Trinajstić information content (AvgIpc) is 3.29. The smallest absolute Gasteiger partial charge is 0.191 e. The molecular weight excluding hydrogens is 320 g/mol. The molecule has 1 fully saturated rings. The molecule has 0 bridgehead atoms. The van der Waals surface area contributed by atoms with Crippen molar-refractivity contribution in [2.45, 2.75) is 58.6 Å². The van der Waals surface area contributed by atoms with E-state index in [-0.39, 0.29) is 0 Å². The zero-order valence-corrected chi connectivity index (χ0v) is 15.8. The van der Waals surface area contributed by atoms with Crippen LogP contribution in [0.2, 0.25) is 0 Å². The number of rotatable bonds is 10. The van der Waals surface area contributed by atoms with Crippen LogP contribution in [0.15, 0.2) is 9.52 Å². The Morgan fingerprint density at radius 1 is 1.32 bits per heavy atom. The van der Waals surface area contributed by atoms with Crippen LogP contribution in [-0.4, -0.2) is 50.6 Å². The number of hydrogen-bond acceptors (Lipinski definition) is 5. The van der Waals surface area contributed by atoms with E-state index in [2.05, 4.69) is 34.6 Å². The summed E-state index contributed by atoms with van der Waals surface area (Å²) in [5.41, 5.74) is 2.16. The van der Waals surface area contributed by atoms with E-state index in [9.17, 15) is 0 Å². The van der Waals surface area contributed by atoms with E-state index < -0.39 is 0 Å². The van der Waals surface area contributed by atoms with E-state index >= 15 is 0 Å². The number of aryl methyl sites for hydroxylation is 2. The molecule has 1 aromatic heterocycles. The summed E-state index contributed by atoms with van der Waals surface area (Å²) in [6.07, 6.45) is 5.22. The molecule has 1 saturated heterocycles. The molecule has 2 heterocycles. The fourth-order valence-corrected chi connectivity index (χ4v) is 2.90. The quantitative estimate of drug-likeness (QED) is 0.381. The summed E-state index contributed by atoms with van der Waals surface area (Å²) in [4.78, 5) is 4.26. The summed E-state index contributed by atoms with van der Waals surface area (Å²) < 4.78 is 16.6. The van der Waals surface area contributed by atoms with Crippen molar-refractivity contribution < 1.29 is 14.0 Å². The van der Waals surface area contributed by atoms with Crippen molar-refractivity contribution in [3.8, 4) is 0 Å². The molecular formula is C18H32N4O3. The molecule has 2 rings (SSSR count). The molecule has 0 spiro atoms. The van der Waals surface area contributed by atoms with Gasteiger partial charge in [0.05, 0.1) is 18.4 Å². The first kappa shape index (κ1) is 19.7. The van der Waals surface area contributed by atoms with E-state index in [1.165, 1.54) is 0 Å². The second kappa shape index (κ2) is 11.1. The van der Waals surface area contributed by atoms with Crippen LogP contribution >= 0.6 is 0 Å². The summed E-state index contributed by atoms with van der Waals surface area (Å²) in [6, 6.07) is 0. The molecule has 7 heteroatoms. The summed E-state index contributed by atoms with van der Waals surface area (Å²) in [6.45, 7) is 7.97. The van der Waals surface area contributed by atoms with Crippen molar-refractivity contribution in [2.24, 2.45) is 4.99 Å². The molecule has 2 N–H and O–H groups in total. The highest BCUT2D eigenvalue weighted by Crippen LogP contribution is 2.15. The van der Waals surface area contributed by atoms with E-state index in [4.69, 9.17) is 14.0 Å². The Labute approximate surface area is 150 Å². The molecule has 0 saturated carbocycles. The number of aliphatic imine (C=N–C) groups is 1. The molecule has 0 amide bonds. The fraction of sp³-hybridized carbons (Fsp3) is 0.778. The van der Waals surface area contributed by atoms with Crippen LogP contribution in [0.4, 0.5) is 0 Å². The number of guanidine groups is 1. The van der Waals surface area contributed by atoms with Gasteiger partial charge in [-0.05, 0) is 25.7 Å². The largest absolute Gasteiger partial charge is 0.379 e. The Balaban J connectivity index is 1.63. The lowest BCUT2D eigenvalue weighted by Gasteiger charge is -2.13. The Morgan fingerprint density at radius 2 is 2.20 bits per heavy atom. The van der Waals surface area contributed by atoms with Gasteiger partial charge in [-0.15, -0.1) is 0 Å². The highest BCUT2D eigenvalue weighted by atomic mass is 16.5. The zero-order valence-electron chi connectivity index (χ0n) is 15.8. The van der Waals surface area contributed by atoms with Crippen LogP contribution < -0.4 is 10.6 Å². The van der Waals surface area contributed by atoms with Crippen molar-refractivity contribution in [3.05, 3.63) is 17.0 Å². The van der Waals surface area contributed by atoms with Gasteiger partial charge in [0.15, 0.2) is 5.96 Å². The minimum Gasteiger partial charge on any atom is -0.379 e. The molecule has 1 aromatic rings. The number of aromatic nitrogens is 1. The van der Waals surface area contributed by atoms with Gasteiger partial charge in [-0.25, -0.2) is 0 Å². The average molecular weight is 352 g/mol. The van der Waals surface area contributed by atoms with Crippen LogP contribution in [0.3, 0.4) is 0 Å². The maximum Gasteiger partial charge on any atom is 0.191 e. The molecule has 0 aromatic carbocycles. The third-order valence-corrected chi connectivity index (χ3v) is 4.35. The van der Waals surface area contributed by atoms with Gasteiger partial charge in [0.2, 0.25) is 0 Å². The third kappa shape index (κ3) is 6.32. The van der Waals surface area contributed by atoms with Gasteiger partial charge < -0.3 is 24.6 Å². The molecule has 1 aliphatic heterocycles. The summed E-state index contributed by atoms with van der Waals surface area (Å²) in [5, 5.41) is 10.8. The highest BCUT2D eigenvalue weighted by Gasteiger charge is 2.15. The van der Waals surface area contributed by atoms with E-state index in [0.29, 0.717) is 19.3 Å². The van der Waals surface area contributed by atoms with Crippen LogP contribution in [0.1, 0.15) is 50.1 Å². The fourth-order valence-electron chi connectivity index (χ4n) is 2.90. The SMILES string of the molecule is CCc1noc(CC)c1CNC(=NC)NCCCOCC1CCCO1. The summed E-state index contributed by atoms with van der Waals surface area (Å²) in [7, 11) is 1.78. The van der Waals surface area contributed by atoms with Crippen LogP contribution in [-0.2, 0) is 28.9 Å². The van der Waals surface area contributed by atoms with Crippen molar-refractivity contribution in [1.82, 2.24) is 15.8 Å². The van der Waals surface area contributed by atoms with Crippen LogP contribution in [0.25, 0.3) is 0 Å². The van der Waals surface area contributed by atoms with E-state index in [1.54, 1.807) is 7.05 Å². The van der Waals surface area contributed by atoms with Gasteiger partial charge in [-0.1, -0.05) is 19.0 Å². The van der Waals surface area contributed by atoms with Gasteiger partial charge in [0.1, 0.15) is 5.76 Å². The monoisotopic (exact) mass is 352 g/mol. The lowest BCUT2D eigenvalue weighted by Crippen LogP contribution is -2.37. The van der Waals surface area contributed by atoms with Crippen molar-refractivity contribution in [1.29, 1.82) is 0 Å². The lowest BCUT2D eigenvalue weighted by molar-refractivity contribution is 0.0168. The van der Waals surface area contributed by atoms with Crippen molar-refractivity contribution in [3.63, 3.8) is 0 Å². The van der Waals surface area contributed by atoms with E-state index in [0.717, 1.165) is 74.8 Å². The normalized spacial score (nSPS) is 17.9. The minimum atomic E-state index is 0.298. The van der Waals surface area contributed by atoms with Gasteiger partial charge in [0, 0.05) is 45.3 Å². The van der Waals surface area contributed by atoms with Crippen molar-refractivity contribution in [2.75, 3.05) is 33.4 Å². The van der Waals surface area contributed by atoms with Crippen molar-refractivity contribution >= 4 is 5.96 Å². The maximum absolute atomic E-state index is 5.67. The Kier molecular flexibility index (Phi) is 8.76. The summed E-state index contributed by atoms with van der Waals surface area (Å²) in [5.74, 6) is 1.73. The minimum absolute atomic E-state index is 0.298. The molecule has 0 radical (unpaired) electrons. The third-order valence-electron chi connectivity index (χ3n) is 4.35. The first-order chi connectivity index (χ1) is 12.3. The van der Waals surface area contributed by atoms with E-state index in [1.807, 2.05) is 0 Å². The van der Waals surface area contributed by atoms with Crippen LogP contribution in [0, 0.1) is 0 Å². The second-order valence-corrected chi connectivity index (χ2v) is 6.15. The highest BCUT2D eigenvalue weighted by molar-refractivity contribution is 5.79. The molecule has 25 heavy (non-hydrogen) atoms. The molecule has 1 unspecified atom stereocenters. The second-order valence-electron chi connectivity index (χ2n) is 6.15. The van der Waals surface area contributed by atoms with Crippen LogP contribution in [0.5, 0.6) is 0 Å². The number of nitrogens with zero attached hydrogens (tertiary/aromatic N) is 2. The predicted octanol–water partition coefficient (Wildman–Crippen LogP) is 2.05. The van der Waals surface area contributed by atoms with Gasteiger partial charge in [-0.2, -0.15) is 0 Å². The standard InChI is InChI=1S/C18H32N4O3/c1-4-16-15(17(5-2)25-22-16)12-21-18(19-3)20-9-7-10-23-13-14-8-6-11-24-14/h14H,4-13H2,1-3H3,(H2,19,20,21). The number of hydrogen-bond donors (Lipinski definition) is 2. The van der Waals surface area contributed by atoms with Gasteiger partial charge in [0.25, 0.3) is 0 Å². The number of ether oxygens (including phenoxy) is 2. The Morgan fingerprint density at radius 3 is 2.88 bits per heavy atom. The molecule has 0 aliphatic carbocycles. The summed E-state index contributed by atoms with van der Waals surface area (Å²) >= 11 is 0. The zero-order chi connectivity index (χ0) is 17.9. The first-order valence-corrected chi connectivity index (χ1v) is 9.38. The Hall–Kier alpha value is -1.60. The first-order valence-electron chi connectivity index (χ1n) is 9.38. The van der Waals surface area contributed by atoms with Gasteiger partial charge in [-0.3, -0.25) is 4.99 Å². The Bertz CT molecular complexity index is 503.